The quantitative estimate of drug-likeness (QED) is 0.565. The molecule has 0 aromatic heterocycles. The number of hydroxylamine groups is 1. The molecule has 2 rings (SSSR count). The van der Waals surface area contributed by atoms with E-state index in [1.807, 2.05) is 0 Å². The van der Waals surface area contributed by atoms with Crippen molar-refractivity contribution in [2.24, 2.45) is 5.92 Å². The van der Waals surface area contributed by atoms with Gasteiger partial charge >= 0.3 is 0 Å². The normalized spacial score (nSPS) is 22.8. The van der Waals surface area contributed by atoms with Gasteiger partial charge in [-0.15, -0.1) is 0 Å². The summed E-state index contributed by atoms with van der Waals surface area (Å²) in [5.74, 6) is 0.239. The Bertz CT molecular complexity index is 236. The van der Waals surface area contributed by atoms with Gasteiger partial charge in [-0.25, -0.2) is 5.48 Å². The fourth-order valence-electron chi connectivity index (χ4n) is 2.39. The lowest BCUT2D eigenvalue weighted by Gasteiger charge is -2.26. The summed E-state index contributed by atoms with van der Waals surface area (Å²) in [5, 5.41) is 0. The first-order valence-electron chi connectivity index (χ1n) is 6.58. The molecule has 0 radical (unpaired) electrons. The van der Waals surface area contributed by atoms with Crippen molar-refractivity contribution in [3.05, 3.63) is 0 Å². The van der Waals surface area contributed by atoms with E-state index in [4.69, 9.17) is 9.57 Å². The van der Waals surface area contributed by atoms with Crippen molar-refractivity contribution in [2.45, 2.75) is 25.7 Å². The Morgan fingerprint density at radius 1 is 1.29 bits per heavy atom. The fourth-order valence-corrected chi connectivity index (χ4v) is 2.39. The predicted molar refractivity (Wildman–Crippen MR) is 63.3 cm³/mol. The van der Waals surface area contributed by atoms with Crippen molar-refractivity contribution in [2.75, 3.05) is 39.5 Å². The molecule has 5 heteroatoms. The fraction of sp³-hybridized carbons (Fsp3) is 0.917. The van der Waals surface area contributed by atoms with Gasteiger partial charge in [-0.3, -0.25) is 14.5 Å². The largest absolute Gasteiger partial charge is 0.379 e. The molecule has 1 saturated heterocycles. The van der Waals surface area contributed by atoms with Crippen LogP contribution in [-0.4, -0.2) is 50.3 Å². The highest BCUT2D eigenvalue weighted by Crippen LogP contribution is 2.24. The number of hydrogen-bond acceptors (Lipinski definition) is 4. The molecule has 1 aliphatic carbocycles. The first-order chi connectivity index (χ1) is 8.36. The van der Waals surface area contributed by atoms with E-state index in [9.17, 15) is 4.79 Å². The standard InChI is InChI=1S/C12H22N2O3/c15-12(11-3-1-2-4-11)13-17-10-7-14-5-8-16-9-6-14/h11H,1-10H2,(H,13,15). The van der Waals surface area contributed by atoms with Crippen LogP contribution in [0.2, 0.25) is 0 Å². The number of ether oxygens (including phenoxy) is 1. The van der Waals surface area contributed by atoms with Crippen LogP contribution >= 0.6 is 0 Å². The van der Waals surface area contributed by atoms with E-state index in [-0.39, 0.29) is 11.8 Å². The van der Waals surface area contributed by atoms with Gasteiger partial charge in [0.2, 0.25) is 5.91 Å². The third-order valence-electron chi connectivity index (χ3n) is 3.51. The zero-order valence-electron chi connectivity index (χ0n) is 10.3. The highest BCUT2D eigenvalue weighted by Gasteiger charge is 2.22. The summed E-state index contributed by atoms with van der Waals surface area (Å²) in [6.45, 7) is 4.93. The SMILES string of the molecule is O=C(NOCCN1CCOCC1)C1CCCC1. The van der Waals surface area contributed by atoms with Crippen LogP contribution in [-0.2, 0) is 14.4 Å². The van der Waals surface area contributed by atoms with E-state index in [1.54, 1.807) is 0 Å². The van der Waals surface area contributed by atoms with Crippen molar-refractivity contribution >= 4 is 5.91 Å². The second kappa shape index (κ2) is 6.93. The molecule has 1 amide bonds. The van der Waals surface area contributed by atoms with Gasteiger partial charge in [-0.2, -0.15) is 0 Å². The minimum Gasteiger partial charge on any atom is -0.379 e. The van der Waals surface area contributed by atoms with Crippen molar-refractivity contribution in [1.29, 1.82) is 0 Å². The van der Waals surface area contributed by atoms with E-state index in [0.29, 0.717) is 6.61 Å². The van der Waals surface area contributed by atoms with E-state index in [2.05, 4.69) is 10.4 Å². The molecule has 1 saturated carbocycles. The molecule has 98 valence electrons. The number of nitrogens with zero attached hydrogens (tertiary/aromatic N) is 1. The molecule has 1 heterocycles. The van der Waals surface area contributed by atoms with Crippen LogP contribution in [0.1, 0.15) is 25.7 Å². The molecule has 0 aromatic carbocycles. The monoisotopic (exact) mass is 242 g/mol. The number of rotatable bonds is 5. The van der Waals surface area contributed by atoms with E-state index in [0.717, 1.165) is 45.7 Å². The van der Waals surface area contributed by atoms with Crippen LogP contribution in [0.5, 0.6) is 0 Å². The summed E-state index contributed by atoms with van der Waals surface area (Å²) < 4.78 is 5.26. The second-order valence-electron chi connectivity index (χ2n) is 4.75. The minimum atomic E-state index is 0.0597. The van der Waals surface area contributed by atoms with Gasteiger partial charge in [0, 0.05) is 25.6 Å². The molecule has 0 bridgehead atoms. The van der Waals surface area contributed by atoms with E-state index < -0.39 is 0 Å². The van der Waals surface area contributed by atoms with Crippen LogP contribution in [0.3, 0.4) is 0 Å². The van der Waals surface area contributed by atoms with Crippen LogP contribution in [0, 0.1) is 5.92 Å². The van der Waals surface area contributed by atoms with Crippen LogP contribution in [0.4, 0.5) is 0 Å². The Balaban J connectivity index is 1.51. The number of hydrogen-bond donors (Lipinski definition) is 1. The molecule has 5 nitrogen and oxygen atoms in total. The number of carbonyl (C=O) groups is 1. The van der Waals surface area contributed by atoms with Crippen LogP contribution < -0.4 is 5.48 Å². The molecule has 1 aliphatic heterocycles. The summed E-state index contributed by atoms with van der Waals surface area (Å²) in [7, 11) is 0. The lowest BCUT2D eigenvalue weighted by molar-refractivity contribution is -0.138. The van der Waals surface area contributed by atoms with Crippen molar-refractivity contribution < 1.29 is 14.4 Å². The maximum absolute atomic E-state index is 11.6. The molecule has 1 N–H and O–H groups in total. The molecule has 2 fully saturated rings. The van der Waals surface area contributed by atoms with Gasteiger partial charge in [-0.1, -0.05) is 12.8 Å². The summed E-state index contributed by atoms with van der Waals surface area (Å²) in [5.41, 5.74) is 2.57. The highest BCUT2D eigenvalue weighted by atomic mass is 16.7. The number of carbonyl (C=O) groups excluding carboxylic acids is 1. The maximum Gasteiger partial charge on any atom is 0.246 e. The van der Waals surface area contributed by atoms with Gasteiger partial charge in [0.1, 0.15) is 0 Å². The number of morpholine rings is 1. The van der Waals surface area contributed by atoms with Gasteiger partial charge < -0.3 is 4.74 Å². The van der Waals surface area contributed by atoms with Crippen molar-refractivity contribution in [3.63, 3.8) is 0 Å². The minimum absolute atomic E-state index is 0.0597. The summed E-state index contributed by atoms with van der Waals surface area (Å²) in [4.78, 5) is 19.1. The Labute approximate surface area is 102 Å². The Morgan fingerprint density at radius 2 is 2.00 bits per heavy atom. The van der Waals surface area contributed by atoms with E-state index in [1.165, 1.54) is 12.8 Å². The number of nitrogens with one attached hydrogen (secondary N) is 1. The van der Waals surface area contributed by atoms with Crippen LogP contribution in [0.25, 0.3) is 0 Å². The molecule has 0 unspecified atom stereocenters. The average Bonchev–Trinajstić information content (AvgIpc) is 2.89. The highest BCUT2D eigenvalue weighted by molar-refractivity contribution is 5.77. The zero-order chi connectivity index (χ0) is 11.9. The van der Waals surface area contributed by atoms with Gasteiger partial charge in [-0.05, 0) is 12.8 Å². The molecule has 0 spiro atoms. The summed E-state index contributed by atoms with van der Waals surface area (Å²) in [6.07, 6.45) is 4.37. The molecule has 17 heavy (non-hydrogen) atoms. The van der Waals surface area contributed by atoms with Gasteiger partial charge in [0.05, 0.1) is 19.8 Å². The topological polar surface area (TPSA) is 50.8 Å². The van der Waals surface area contributed by atoms with Gasteiger partial charge in [0.15, 0.2) is 0 Å². The summed E-state index contributed by atoms with van der Waals surface area (Å²) >= 11 is 0. The molecule has 0 atom stereocenters. The maximum atomic E-state index is 11.6. The smallest absolute Gasteiger partial charge is 0.246 e. The lowest BCUT2D eigenvalue weighted by atomic mass is 10.1. The predicted octanol–water partition coefficient (Wildman–Crippen LogP) is 0.557. The first-order valence-corrected chi connectivity index (χ1v) is 6.58. The van der Waals surface area contributed by atoms with Crippen LogP contribution in [0.15, 0.2) is 0 Å². The average molecular weight is 242 g/mol. The third-order valence-corrected chi connectivity index (χ3v) is 3.51. The van der Waals surface area contributed by atoms with Crippen molar-refractivity contribution in [1.82, 2.24) is 10.4 Å². The Morgan fingerprint density at radius 3 is 2.71 bits per heavy atom. The van der Waals surface area contributed by atoms with E-state index >= 15 is 0 Å². The first kappa shape index (κ1) is 12.8. The second-order valence-corrected chi connectivity index (χ2v) is 4.75. The van der Waals surface area contributed by atoms with Gasteiger partial charge in [0.25, 0.3) is 0 Å². The van der Waals surface area contributed by atoms with Crippen molar-refractivity contribution in [3.8, 4) is 0 Å². The zero-order valence-corrected chi connectivity index (χ0v) is 10.3. The molecule has 2 aliphatic rings. The Hall–Kier alpha value is -0.650. The molecule has 0 aromatic rings. The Kier molecular flexibility index (Phi) is 5.22. The molecular formula is C12H22N2O3. The third kappa shape index (κ3) is 4.26. The lowest BCUT2D eigenvalue weighted by Crippen LogP contribution is -2.39. The summed E-state index contributed by atoms with van der Waals surface area (Å²) in [6, 6.07) is 0. The number of amides is 1. The molecular weight excluding hydrogens is 220 g/mol.